The Labute approximate surface area is 213 Å². The van der Waals surface area contributed by atoms with E-state index in [1.807, 2.05) is 0 Å². The van der Waals surface area contributed by atoms with E-state index < -0.39 is 0 Å². The van der Waals surface area contributed by atoms with Gasteiger partial charge in [-0.2, -0.15) is 15.2 Å². The summed E-state index contributed by atoms with van der Waals surface area (Å²) in [5.74, 6) is 2.01. The van der Waals surface area contributed by atoms with Crippen LogP contribution in [0.5, 0.6) is 11.8 Å². The third kappa shape index (κ3) is 4.56. The van der Waals surface area contributed by atoms with Gasteiger partial charge in [-0.15, -0.1) is 0 Å². The second-order valence-corrected chi connectivity index (χ2v) is 10.3. The number of para-hydroxylation sites is 1. The normalized spacial score (nSPS) is 23.7. The van der Waals surface area contributed by atoms with Gasteiger partial charge in [0.25, 0.3) is 0 Å². The summed E-state index contributed by atoms with van der Waals surface area (Å²) in [5.41, 5.74) is 4.69. The van der Waals surface area contributed by atoms with Gasteiger partial charge in [-0.1, -0.05) is 12.1 Å². The molecule has 5 heterocycles. The molecule has 1 aromatic carbocycles. The average molecular weight is 490 g/mol. The lowest BCUT2D eigenvalue weighted by Crippen LogP contribution is -2.51. The number of hydrogen-bond acceptors (Lipinski definition) is 9. The molecule has 2 aromatic rings. The van der Waals surface area contributed by atoms with Gasteiger partial charge in [0.1, 0.15) is 18.2 Å². The van der Waals surface area contributed by atoms with Gasteiger partial charge in [-0.3, -0.25) is 0 Å². The van der Waals surface area contributed by atoms with Crippen LogP contribution in [0.3, 0.4) is 0 Å². The number of ether oxygens (including phenoxy) is 2. The van der Waals surface area contributed by atoms with Crippen LogP contribution in [0.1, 0.15) is 36.1 Å². The first-order chi connectivity index (χ1) is 17.7. The maximum atomic E-state index is 9.24. The number of benzene rings is 1. The lowest BCUT2D eigenvalue weighted by atomic mass is 10.0. The van der Waals surface area contributed by atoms with Crippen molar-refractivity contribution in [2.45, 2.75) is 50.7 Å². The van der Waals surface area contributed by atoms with Crippen LogP contribution in [0.4, 0.5) is 11.5 Å². The van der Waals surface area contributed by atoms with Crippen LogP contribution in [-0.2, 0) is 19.4 Å². The molecule has 0 bridgehead atoms. The van der Waals surface area contributed by atoms with E-state index in [9.17, 15) is 5.26 Å². The molecule has 1 N–H and O–H groups in total. The molecule has 0 amide bonds. The van der Waals surface area contributed by atoms with Crippen molar-refractivity contribution in [3.05, 3.63) is 35.0 Å². The van der Waals surface area contributed by atoms with Crippen molar-refractivity contribution in [1.82, 2.24) is 20.2 Å². The number of nitriles is 1. The fraction of sp³-hybridized carbons (Fsp3) is 0.593. The summed E-state index contributed by atoms with van der Waals surface area (Å²) in [4.78, 5) is 17.0. The Morgan fingerprint density at radius 2 is 2.14 bits per heavy atom. The van der Waals surface area contributed by atoms with Crippen LogP contribution in [-0.4, -0.2) is 79.9 Å². The number of nitrogens with zero attached hydrogens (tertiary/aromatic N) is 6. The van der Waals surface area contributed by atoms with Gasteiger partial charge in [0.15, 0.2) is 0 Å². The van der Waals surface area contributed by atoms with Gasteiger partial charge in [0.05, 0.1) is 37.0 Å². The van der Waals surface area contributed by atoms with Crippen LogP contribution < -0.4 is 24.6 Å². The predicted molar refractivity (Wildman–Crippen MR) is 138 cm³/mol. The maximum absolute atomic E-state index is 9.24. The minimum absolute atomic E-state index is 0.148. The summed E-state index contributed by atoms with van der Waals surface area (Å²) in [6.45, 7) is 6.55. The molecule has 9 heteroatoms. The van der Waals surface area contributed by atoms with Crippen molar-refractivity contribution in [3.63, 3.8) is 0 Å². The van der Waals surface area contributed by atoms with Gasteiger partial charge >= 0.3 is 6.01 Å². The Balaban J connectivity index is 1.30. The second-order valence-electron chi connectivity index (χ2n) is 10.3. The molecule has 0 spiro atoms. The highest BCUT2D eigenvalue weighted by atomic mass is 16.5. The largest absolute Gasteiger partial charge is 0.491 e. The second kappa shape index (κ2) is 10.1. The van der Waals surface area contributed by atoms with Crippen LogP contribution >= 0.6 is 0 Å². The first kappa shape index (κ1) is 23.3. The molecule has 4 aliphatic rings. The summed E-state index contributed by atoms with van der Waals surface area (Å²) < 4.78 is 12.3. The van der Waals surface area contributed by atoms with Gasteiger partial charge in [-0.25, -0.2) is 0 Å². The third-order valence-electron chi connectivity index (χ3n) is 8.03. The SMILES string of the molecule is CN1CCC[C@H]1COc1nc2c(c(N3CCN[C@@H](CC#N)C3)n1)CCN(c1cccc3c1OCC3)C2. The Hall–Kier alpha value is -3.09. The fourth-order valence-electron chi connectivity index (χ4n) is 5.99. The number of likely N-dealkylation sites (N-methyl/N-ethyl adjacent to an activating group) is 1. The monoisotopic (exact) mass is 489 g/mol. The Kier molecular flexibility index (Phi) is 6.55. The highest BCUT2D eigenvalue weighted by Gasteiger charge is 2.31. The Bertz CT molecular complexity index is 1150. The molecule has 6 rings (SSSR count). The molecule has 4 aliphatic heterocycles. The van der Waals surface area contributed by atoms with E-state index in [0.29, 0.717) is 31.6 Å². The zero-order valence-electron chi connectivity index (χ0n) is 21.1. The van der Waals surface area contributed by atoms with Crippen LogP contribution in [0.25, 0.3) is 0 Å². The highest BCUT2D eigenvalue weighted by molar-refractivity contribution is 5.65. The maximum Gasteiger partial charge on any atom is 0.318 e. The lowest BCUT2D eigenvalue weighted by Gasteiger charge is -2.37. The Morgan fingerprint density at radius 1 is 1.19 bits per heavy atom. The van der Waals surface area contributed by atoms with Crippen molar-refractivity contribution < 1.29 is 9.47 Å². The molecule has 9 nitrogen and oxygen atoms in total. The quantitative estimate of drug-likeness (QED) is 0.655. The summed E-state index contributed by atoms with van der Waals surface area (Å²) in [6.07, 6.45) is 4.69. The van der Waals surface area contributed by atoms with E-state index in [1.54, 1.807) is 0 Å². The molecule has 0 radical (unpaired) electrons. The standard InChI is InChI=1S/C27H35N7O2/c1-32-12-3-5-21(32)18-36-27-30-23-17-33(24-6-2-4-19-9-15-35-25(19)24)13-8-22(23)26(31-27)34-14-11-29-20(16-34)7-10-28/h2,4,6,20-21,29H,3,5,7-9,11-18H2,1H3/t20-,21-/m0/s1. The minimum Gasteiger partial charge on any atom is -0.491 e. The summed E-state index contributed by atoms with van der Waals surface area (Å²) in [7, 11) is 2.16. The minimum atomic E-state index is 0.148. The van der Waals surface area contributed by atoms with Gasteiger partial charge in [-0.05, 0) is 44.5 Å². The van der Waals surface area contributed by atoms with Gasteiger partial charge in [0.2, 0.25) is 0 Å². The van der Waals surface area contributed by atoms with Crippen LogP contribution in [0.15, 0.2) is 18.2 Å². The van der Waals surface area contributed by atoms with Crippen LogP contribution in [0, 0.1) is 11.3 Å². The molecular weight excluding hydrogens is 454 g/mol. The number of fused-ring (bicyclic) bond motifs is 2. The molecule has 0 aliphatic carbocycles. The Morgan fingerprint density at radius 3 is 3.00 bits per heavy atom. The first-order valence-corrected chi connectivity index (χ1v) is 13.3. The van der Waals surface area contributed by atoms with Crippen molar-refractivity contribution in [2.75, 3.05) is 62.8 Å². The fourth-order valence-corrected chi connectivity index (χ4v) is 5.99. The van der Waals surface area contributed by atoms with E-state index in [1.165, 1.54) is 17.5 Å². The molecule has 190 valence electrons. The summed E-state index contributed by atoms with van der Waals surface area (Å²) in [5, 5.41) is 12.7. The molecule has 36 heavy (non-hydrogen) atoms. The smallest absolute Gasteiger partial charge is 0.318 e. The number of nitrogens with one attached hydrogen (secondary N) is 1. The van der Waals surface area contributed by atoms with Crippen molar-refractivity contribution >= 4 is 11.5 Å². The number of rotatable bonds is 6. The van der Waals surface area contributed by atoms with Crippen LogP contribution in [0.2, 0.25) is 0 Å². The molecule has 0 saturated carbocycles. The zero-order chi connectivity index (χ0) is 24.5. The van der Waals surface area contributed by atoms with E-state index in [-0.39, 0.29) is 6.04 Å². The number of aromatic nitrogens is 2. The number of piperazine rings is 1. The molecule has 1 aromatic heterocycles. The topological polar surface area (TPSA) is 89.8 Å². The lowest BCUT2D eigenvalue weighted by molar-refractivity contribution is 0.187. The average Bonchev–Trinajstić information content (AvgIpc) is 3.55. The third-order valence-corrected chi connectivity index (χ3v) is 8.03. The zero-order valence-corrected chi connectivity index (χ0v) is 21.1. The number of likely N-dealkylation sites (tertiary alicyclic amines) is 1. The van der Waals surface area contributed by atoms with E-state index >= 15 is 0 Å². The van der Waals surface area contributed by atoms with Crippen molar-refractivity contribution in [3.8, 4) is 17.8 Å². The molecule has 0 unspecified atom stereocenters. The van der Waals surface area contributed by atoms with Crippen molar-refractivity contribution in [2.24, 2.45) is 0 Å². The highest BCUT2D eigenvalue weighted by Crippen LogP contribution is 2.39. The van der Waals surface area contributed by atoms with E-state index in [2.05, 4.69) is 51.3 Å². The first-order valence-electron chi connectivity index (χ1n) is 13.3. The molecule has 2 fully saturated rings. The summed E-state index contributed by atoms with van der Waals surface area (Å²) in [6, 6.07) is 9.80. The van der Waals surface area contributed by atoms with Gasteiger partial charge in [0, 0.05) is 50.2 Å². The molecule has 2 atom stereocenters. The number of hydrogen-bond donors (Lipinski definition) is 1. The van der Waals surface area contributed by atoms with Gasteiger partial charge < -0.3 is 29.5 Å². The summed E-state index contributed by atoms with van der Waals surface area (Å²) >= 11 is 0. The molecule has 2 saturated heterocycles. The van der Waals surface area contributed by atoms with E-state index in [0.717, 1.165) is 81.5 Å². The van der Waals surface area contributed by atoms with E-state index in [4.69, 9.17) is 19.4 Å². The predicted octanol–water partition coefficient (Wildman–Crippen LogP) is 2.14. The van der Waals surface area contributed by atoms with Crippen molar-refractivity contribution in [1.29, 1.82) is 5.26 Å². The molecular formula is C27H35N7O2. The number of anilines is 2.